The van der Waals surface area contributed by atoms with Crippen LogP contribution < -0.4 is 10.6 Å². The van der Waals surface area contributed by atoms with Gasteiger partial charge in [-0.2, -0.15) is 0 Å². The monoisotopic (exact) mass is 505 g/mol. The minimum atomic E-state index is -0.371. The van der Waals surface area contributed by atoms with Gasteiger partial charge in [0.15, 0.2) is 5.82 Å². The number of hydrogen-bond acceptors (Lipinski definition) is 6. The average molecular weight is 506 g/mol. The predicted octanol–water partition coefficient (Wildman–Crippen LogP) is 5.01. The van der Waals surface area contributed by atoms with Crippen LogP contribution in [0.2, 0.25) is 0 Å². The topological polar surface area (TPSA) is 89.0 Å². The summed E-state index contributed by atoms with van der Waals surface area (Å²) in [6.07, 6.45) is 7.98. The van der Waals surface area contributed by atoms with Crippen LogP contribution in [0.5, 0.6) is 0 Å². The second-order valence-corrected chi connectivity index (χ2v) is 9.15. The first kappa shape index (κ1) is 26.2. The summed E-state index contributed by atoms with van der Waals surface area (Å²) in [5, 5.41) is 6.41. The van der Waals surface area contributed by atoms with Gasteiger partial charge in [-0.1, -0.05) is 27.2 Å². The smallest absolute Gasteiger partial charge is 0.242 e. The van der Waals surface area contributed by atoms with Crippen LogP contribution in [0, 0.1) is 5.92 Å². The molecule has 2 aromatic rings. The average Bonchev–Trinajstić information content (AvgIpc) is 2.76. The molecular formula is C24H36BrN5O2. The molecule has 0 aliphatic carbocycles. The van der Waals surface area contributed by atoms with Gasteiger partial charge in [0.1, 0.15) is 11.9 Å². The molecule has 1 atom stereocenters. The summed E-state index contributed by atoms with van der Waals surface area (Å²) in [4.78, 5) is 26.6. The third-order valence-electron chi connectivity index (χ3n) is 4.84. The van der Waals surface area contributed by atoms with Gasteiger partial charge in [-0.3, -0.25) is 9.78 Å². The zero-order valence-corrected chi connectivity index (χ0v) is 21.2. The van der Waals surface area contributed by atoms with E-state index in [1.54, 1.807) is 12.4 Å². The summed E-state index contributed by atoms with van der Waals surface area (Å²) in [5.74, 6) is 1.61. The van der Waals surface area contributed by atoms with Crippen molar-refractivity contribution in [3.8, 4) is 11.4 Å². The van der Waals surface area contributed by atoms with Gasteiger partial charge >= 0.3 is 0 Å². The largest absolute Gasteiger partial charge is 0.382 e. The van der Waals surface area contributed by atoms with Crippen LogP contribution in [0.15, 0.2) is 29.0 Å². The zero-order chi connectivity index (χ0) is 23.3. The number of nitrogens with one attached hydrogen (secondary N) is 2. The maximum absolute atomic E-state index is 12.9. The van der Waals surface area contributed by atoms with E-state index < -0.39 is 0 Å². The number of anilines is 1. The third kappa shape index (κ3) is 9.20. The molecule has 0 fully saturated rings. The molecule has 0 radical (unpaired) electrons. The van der Waals surface area contributed by atoms with E-state index in [1.807, 2.05) is 19.1 Å². The number of ether oxygens (including phenoxy) is 1. The van der Waals surface area contributed by atoms with Crippen molar-refractivity contribution in [1.29, 1.82) is 0 Å². The summed E-state index contributed by atoms with van der Waals surface area (Å²) >= 11 is 3.47. The van der Waals surface area contributed by atoms with Crippen molar-refractivity contribution in [3.63, 3.8) is 0 Å². The maximum atomic E-state index is 12.9. The van der Waals surface area contributed by atoms with Gasteiger partial charge in [0, 0.05) is 53.9 Å². The van der Waals surface area contributed by atoms with Crippen molar-refractivity contribution in [2.24, 2.45) is 5.92 Å². The molecule has 2 rings (SSSR count). The van der Waals surface area contributed by atoms with Crippen LogP contribution in [0.25, 0.3) is 11.4 Å². The molecule has 0 aromatic carbocycles. The highest BCUT2D eigenvalue weighted by molar-refractivity contribution is 9.10. The van der Waals surface area contributed by atoms with Crippen molar-refractivity contribution < 1.29 is 9.53 Å². The van der Waals surface area contributed by atoms with E-state index in [-0.39, 0.29) is 11.9 Å². The normalized spacial score (nSPS) is 12.1. The maximum Gasteiger partial charge on any atom is 0.242 e. The molecule has 176 valence electrons. The Labute approximate surface area is 200 Å². The van der Waals surface area contributed by atoms with Gasteiger partial charge in [0.25, 0.3) is 0 Å². The molecule has 0 bridgehead atoms. The molecule has 0 saturated carbocycles. The number of halogens is 1. The van der Waals surface area contributed by atoms with E-state index in [0.717, 1.165) is 41.4 Å². The highest BCUT2D eigenvalue weighted by Crippen LogP contribution is 2.22. The van der Waals surface area contributed by atoms with E-state index in [2.05, 4.69) is 52.3 Å². The van der Waals surface area contributed by atoms with Crippen molar-refractivity contribution >= 4 is 27.7 Å². The van der Waals surface area contributed by atoms with Crippen LogP contribution in [-0.4, -0.2) is 46.7 Å². The molecule has 0 saturated heterocycles. The standard InChI is InChI=1S/C24H36BrN5O2/c1-5-7-9-20-14-22(30-23(28-20)18-13-19(25)16-26-15-18)29-21(12-17(3)4)24(31)27-10-8-11-32-6-2/h13-17,21H,5-12H2,1-4H3,(H,27,31)(H,28,29,30). The molecule has 32 heavy (non-hydrogen) atoms. The van der Waals surface area contributed by atoms with Gasteiger partial charge in [-0.15, -0.1) is 0 Å². The predicted molar refractivity (Wildman–Crippen MR) is 133 cm³/mol. The second kappa shape index (κ2) is 14.2. The fourth-order valence-corrected chi connectivity index (χ4v) is 3.62. The lowest BCUT2D eigenvalue weighted by Gasteiger charge is -2.21. The number of aryl methyl sites for hydroxylation is 1. The Hall–Kier alpha value is -2.06. The third-order valence-corrected chi connectivity index (χ3v) is 5.28. The number of amides is 1. The number of nitrogens with zero attached hydrogens (tertiary/aromatic N) is 3. The Balaban J connectivity index is 2.22. The fourth-order valence-electron chi connectivity index (χ4n) is 3.26. The molecule has 0 spiro atoms. The van der Waals surface area contributed by atoms with Crippen LogP contribution in [0.1, 0.15) is 59.1 Å². The lowest BCUT2D eigenvalue weighted by Crippen LogP contribution is -2.41. The van der Waals surface area contributed by atoms with Gasteiger partial charge in [0.05, 0.1) is 0 Å². The summed E-state index contributed by atoms with van der Waals surface area (Å²) < 4.78 is 6.22. The quantitative estimate of drug-likeness (QED) is 0.350. The number of aromatic nitrogens is 3. The van der Waals surface area contributed by atoms with E-state index in [9.17, 15) is 4.79 Å². The SMILES string of the molecule is CCCCc1cc(NC(CC(C)C)C(=O)NCCCOCC)nc(-c2cncc(Br)c2)n1. The van der Waals surface area contributed by atoms with Crippen LogP contribution >= 0.6 is 15.9 Å². The van der Waals surface area contributed by atoms with Crippen molar-refractivity contribution in [1.82, 2.24) is 20.3 Å². The van der Waals surface area contributed by atoms with Gasteiger partial charge in [-0.25, -0.2) is 9.97 Å². The summed E-state index contributed by atoms with van der Waals surface area (Å²) in [6, 6.07) is 3.54. The van der Waals surface area contributed by atoms with Crippen LogP contribution in [0.3, 0.4) is 0 Å². The van der Waals surface area contributed by atoms with Crippen LogP contribution in [0.4, 0.5) is 5.82 Å². The van der Waals surface area contributed by atoms with Gasteiger partial charge in [0.2, 0.25) is 5.91 Å². The minimum Gasteiger partial charge on any atom is -0.382 e. The molecular weight excluding hydrogens is 470 g/mol. The second-order valence-electron chi connectivity index (χ2n) is 8.23. The highest BCUT2D eigenvalue weighted by atomic mass is 79.9. The first-order chi connectivity index (χ1) is 15.4. The Kier molecular flexibility index (Phi) is 11.6. The highest BCUT2D eigenvalue weighted by Gasteiger charge is 2.21. The molecule has 1 unspecified atom stereocenters. The molecule has 0 aliphatic heterocycles. The Morgan fingerprint density at radius 2 is 1.97 bits per heavy atom. The number of pyridine rings is 1. The fraction of sp³-hybridized carbons (Fsp3) is 0.583. The first-order valence-corrected chi connectivity index (χ1v) is 12.3. The Morgan fingerprint density at radius 3 is 2.66 bits per heavy atom. The molecule has 2 heterocycles. The molecule has 1 amide bonds. The van der Waals surface area contributed by atoms with Crippen molar-refractivity contribution in [2.75, 3.05) is 25.1 Å². The Bertz CT molecular complexity index is 847. The Morgan fingerprint density at radius 1 is 1.16 bits per heavy atom. The van der Waals surface area contributed by atoms with Crippen LogP contribution in [-0.2, 0) is 16.0 Å². The van der Waals surface area contributed by atoms with Crippen molar-refractivity contribution in [2.45, 2.75) is 65.8 Å². The molecule has 7 nitrogen and oxygen atoms in total. The van der Waals surface area contributed by atoms with Crippen molar-refractivity contribution in [3.05, 3.63) is 34.7 Å². The zero-order valence-electron chi connectivity index (χ0n) is 19.7. The number of carbonyl (C=O) groups is 1. The summed E-state index contributed by atoms with van der Waals surface area (Å²) in [5.41, 5.74) is 1.79. The lowest BCUT2D eigenvalue weighted by molar-refractivity contribution is -0.122. The number of unbranched alkanes of at least 4 members (excludes halogenated alkanes) is 1. The number of hydrogen-bond donors (Lipinski definition) is 2. The molecule has 2 aromatic heterocycles. The summed E-state index contributed by atoms with van der Waals surface area (Å²) in [6.45, 7) is 10.3. The van der Waals surface area contributed by atoms with Gasteiger partial charge in [-0.05, 0) is 60.5 Å². The van der Waals surface area contributed by atoms with E-state index in [4.69, 9.17) is 14.7 Å². The lowest BCUT2D eigenvalue weighted by atomic mass is 10.0. The molecule has 2 N–H and O–H groups in total. The molecule has 0 aliphatic rings. The van der Waals surface area contributed by atoms with E-state index >= 15 is 0 Å². The molecule has 8 heteroatoms. The van der Waals surface area contributed by atoms with E-state index in [0.29, 0.717) is 43.7 Å². The number of rotatable bonds is 14. The first-order valence-electron chi connectivity index (χ1n) is 11.5. The van der Waals surface area contributed by atoms with E-state index in [1.165, 1.54) is 0 Å². The summed E-state index contributed by atoms with van der Waals surface area (Å²) in [7, 11) is 0. The van der Waals surface area contributed by atoms with Gasteiger partial charge < -0.3 is 15.4 Å². The minimum absolute atomic E-state index is 0.0189. The number of carbonyl (C=O) groups excluding carboxylic acids is 1.